The fourth-order valence-electron chi connectivity index (χ4n) is 2.45. The summed E-state index contributed by atoms with van der Waals surface area (Å²) in [5.41, 5.74) is 1.55. The summed E-state index contributed by atoms with van der Waals surface area (Å²) in [6, 6.07) is 9.55. The van der Waals surface area contributed by atoms with Crippen LogP contribution in [0.4, 0.5) is 5.00 Å². The van der Waals surface area contributed by atoms with Crippen molar-refractivity contribution in [2.75, 3.05) is 32.6 Å². The van der Waals surface area contributed by atoms with Gasteiger partial charge in [0.15, 0.2) is 18.0 Å². The Balaban J connectivity index is 1.94. The number of quaternary nitrogens is 1. The van der Waals surface area contributed by atoms with Gasteiger partial charge in [0.05, 0.1) is 26.3 Å². The molecule has 1 aromatic carbocycles. The number of nitrogens with zero attached hydrogens (tertiary/aromatic N) is 1. The maximum absolute atomic E-state index is 12.2. The van der Waals surface area contributed by atoms with Crippen molar-refractivity contribution in [3.63, 3.8) is 0 Å². The second kappa shape index (κ2) is 9.06. The molecule has 2 aromatic rings. The number of carbonyl (C=O) groups is 1. The molecule has 0 aliphatic carbocycles. The molecule has 1 aromatic heterocycles. The van der Waals surface area contributed by atoms with Crippen LogP contribution in [-0.4, -0.2) is 33.2 Å². The molecule has 1 atom stereocenters. The zero-order valence-corrected chi connectivity index (χ0v) is 15.4. The van der Waals surface area contributed by atoms with Crippen molar-refractivity contribution in [2.45, 2.75) is 13.5 Å². The molecular weight excluding hydrogens is 338 g/mol. The zero-order chi connectivity index (χ0) is 18.2. The second-order valence-corrected chi connectivity index (χ2v) is 6.47. The van der Waals surface area contributed by atoms with Crippen molar-refractivity contribution in [3.8, 4) is 17.6 Å². The Hall–Kier alpha value is -2.56. The van der Waals surface area contributed by atoms with Gasteiger partial charge in [0.2, 0.25) is 0 Å². The maximum Gasteiger partial charge on any atom is 0.280 e. The minimum atomic E-state index is -0.116. The van der Waals surface area contributed by atoms with Crippen LogP contribution in [0.5, 0.6) is 11.5 Å². The monoisotopic (exact) mass is 360 g/mol. The Morgan fingerprint density at radius 1 is 1.36 bits per heavy atom. The summed E-state index contributed by atoms with van der Waals surface area (Å²) in [7, 11) is 3.56. The van der Waals surface area contributed by atoms with Gasteiger partial charge in [-0.1, -0.05) is 0 Å². The number of hydrogen-bond acceptors (Lipinski definition) is 5. The van der Waals surface area contributed by atoms with Crippen LogP contribution < -0.4 is 19.7 Å². The van der Waals surface area contributed by atoms with Gasteiger partial charge >= 0.3 is 0 Å². The van der Waals surface area contributed by atoms with Crippen LogP contribution in [0.25, 0.3) is 0 Å². The van der Waals surface area contributed by atoms with Crippen LogP contribution in [0, 0.1) is 11.3 Å². The first-order valence-electron chi connectivity index (χ1n) is 7.95. The van der Waals surface area contributed by atoms with Crippen LogP contribution in [0.3, 0.4) is 0 Å². The van der Waals surface area contributed by atoms with E-state index in [0.29, 0.717) is 41.8 Å². The summed E-state index contributed by atoms with van der Waals surface area (Å²) in [5.74, 6) is 1.29. The Kier molecular flexibility index (Phi) is 6.81. The fraction of sp³-hybridized carbons (Fsp3) is 0.333. The lowest BCUT2D eigenvalue weighted by molar-refractivity contribution is -0.885. The average molecular weight is 360 g/mol. The lowest BCUT2D eigenvalue weighted by Crippen LogP contribution is -3.08. The molecule has 0 fully saturated rings. The van der Waals surface area contributed by atoms with Crippen molar-refractivity contribution in [3.05, 3.63) is 40.8 Å². The molecule has 1 amide bonds. The van der Waals surface area contributed by atoms with Crippen molar-refractivity contribution in [2.24, 2.45) is 0 Å². The van der Waals surface area contributed by atoms with E-state index in [4.69, 9.17) is 14.7 Å². The number of amides is 1. The van der Waals surface area contributed by atoms with E-state index in [2.05, 4.69) is 11.4 Å². The first kappa shape index (κ1) is 18.8. The highest BCUT2D eigenvalue weighted by Crippen LogP contribution is 2.27. The lowest BCUT2D eigenvalue weighted by atomic mass is 10.2. The minimum Gasteiger partial charge on any atom is -0.493 e. The summed E-state index contributed by atoms with van der Waals surface area (Å²) in [4.78, 5) is 13.2. The Morgan fingerprint density at radius 3 is 2.84 bits per heavy atom. The van der Waals surface area contributed by atoms with Gasteiger partial charge in [0, 0.05) is 5.56 Å². The number of nitrogens with one attached hydrogen (secondary N) is 2. The van der Waals surface area contributed by atoms with Crippen molar-refractivity contribution < 1.29 is 19.2 Å². The van der Waals surface area contributed by atoms with E-state index in [1.165, 1.54) is 11.3 Å². The highest BCUT2D eigenvalue weighted by Gasteiger charge is 2.14. The summed E-state index contributed by atoms with van der Waals surface area (Å²) >= 11 is 1.35. The molecule has 0 aliphatic heterocycles. The highest BCUT2D eigenvalue weighted by molar-refractivity contribution is 7.14. The van der Waals surface area contributed by atoms with Gasteiger partial charge in [0.25, 0.3) is 5.91 Å². The third-order valence-electron chi connectivity index (χ3n) is 3.53. The fourth-order valence-corrected chi connectivity index (χ4v) is 3.20. The second-order valence-electron chi connectivity index (χ2n) is 5.55. The predicted molar refractivity (Wildman–Crippen MR) is 97.3 cm³/mol. The molecule has 0 radical (unpaired) electrons. The van der Waals surface area contributed by atoms with Crippen LogP contribution in [0.2, 0.25) is 0 Å². The van der Waals surface area contributed by atoms with Gasteiger partial charge < -0.3 is 19.7 Å². The number of nitriles is 1. The van der Waals surface area contributed by atoms with Crippen molar-refractivity contribution >= 4 is 22.2 Å². The average Bonchev–Trinajstić information content (AvgIpc) is 3.03. The molecular formula is C18H22N3O3S+. The van der Waals surface area contributed by atoms with Gasteiger partial charge in [-0.15, -0.1) is 11.3 Å². The van der Waals surface area contributed by atoms with E-state index in [-0.39, 0.29) is 5.91 Å². The normalized spacial score (nSPS) is 11.4. The predicted octanol–water partition coefficient (Wildman–Crippen LogP) is 1.68. The van der Waals surface area contributed by atoms with E-state index >= 15 is 0 Å². The molecule has 2 N–H and O–H groups in total. The van der Waals surface area contributed by atoms with E-state index in [1.54, 1.807) is 18.6 Å². The number of hydrogen-bond donors (Lipinski definition) is 2. The Morgan fingerprint density at radius 2 is 2.16 bits per heavy atom. The zero-order valence-electron chi connectivity index (χ0n) is 14.6. The number of thiophene rings is 1. The third kappa shape index (κ3) is 5.21. The molecule has 25 heavy (non-hydrogen) atoms. The molecule has 7 heteroatoms. The van der Waals surface area contributed by atoms with Crippen LogP contribution in [-0.2, 0) is 11.3 Å². The van der Waals surface area contributed by atoms with Gasteiger partial charge in [0.1, 0.15) is 17.6 Å². The standard InChI is InChI=1S/C18H21N3O3S/c1-4-24-15-6-5-13(9-16(15)23-3)11-21(2)12-17(22)20-18-14(10-19)7-8-25-18/h5-9H,4,11-12H2,1-3H3,(H,20,22)/p+1. The molecule has 1 unspecified atom stereocenters. The largest absolute Gasteiger partial charge is 0.493 e. The molecule has 132 valence electrons. The van der Waals surface area contributed by atoms with E-state index in [9.17, 15) is 4.79 Å². The number of methoxy groups -OCH3 is 1. The number of benzene rings is 1. The smallest absolute Gasteiger partial charge is 0.280 e. The molecule has 0 spiro atoms. The van der Waals surface area contributed by atoms with Gasteiger partial charge in [-0.25, -0.2) is 0 Å². The summed E-state index contributed by atoms with van der Waals surface area (Å²) < 4.78 is 10.9. The molecule has 0 saturated carbocycles. The minimum absolute atomic E-state index is 0.116. The summed E-state index contributed by atoms with van der Waals surface area (Å²) in [5, 5.41) is 14.2. The summed E-state index contributed by atoms with van der Waals surface area (Å²) in [6.07, 6.45) is 0. The van der Waals surface area contributed by atoms with Crippen molar-refractivity contribution in [1.82, 2.24) is 0 Å². The molecule has 0 aliphatic rings. The van der Waals surface area contributed by atoms with Crippen LogP contribution in [0.1, 0.15) is 18.1 Å². The SMILES string of the molecule is CCOc1ccc(C[NH+](C)CC(=O)Nc2sccc2C#N)cc1OC. The van der Waals surface area contributed by atoms with Gasteiger partial charge in [-0.05, 0) is 36.6 Å². The number of likely N-dealkylation sites (N-methyl/N-ethyl adjacent to an activating group) is 1. The van der Waals surface area contributed by atoms with Gasteiger partial charge in [-0.2, -0.15) is 5.26 Å². The van der Waals surface area contributed by atoms with Crippen LogP contribution in [0.15, 0.2) is 29.6 Å². The number of rotatable bonds is 8. The maximum atomic E-state index is 12.2. The van der Waals surface area contributed by atoms with E-state index < -0.39 is 0 Å². The number of ether oxygens (including phenoxy) is 2. The number of carbonyl (C=O) groups excluding carboxylic acids is 1. The molecule has 1 heterocycles. The molecule has 0 saturated heterocycles. The van der Waals surface area contributed by atoms with Gasteiger partial charge in [-0.3, -0.25) is 4.79 Å². The van der Waals surface area contributed by atoms with Crippen LogP contribution >= 0.6 is 11.3 Å². The first-order valence-corrected chi connectivity index (χ1v) is 8.83. The lowest BCUT2D eigenvalue weighted by Gasteiger charge is -2.15. The Bertz CT molecular complexity index is 767. The van der Waals surface area contributed by atoms with E-state index in [0.717, 1.165) is 10.5 Å². The third-order valence-corrected chi connectivity index (χ3v) is 4.36. The highest BCUT2D eigenvalue weighted by atomic mass is 32.1. The molecule has 2 rings (SSSR count). The molecule has 6 nitrogen and oxygen atoms in total. The topological polar surface area (TPSA) is 75.8 Å². The quantitative estimate of drug-likeness (QED) is 0.751. The van der Waals surface area contributed by atoms with E-state index in [1.807, 2.05) is 32.2 Å². The number of anilines is 1. The molecule has 0 bridgehead atoms. The Labute approximate surface area is 151 Å². The van der Waals surface area contributed by atoms with Crippen molar-refractivity contribution in [1.29, 1.82) is 5.26 Å². The summed E-state index contributed by atoms with van der Waals surface area (Å²) in [6.45, 7) is 3.48. The first-order chi connectivity index (χ1) is 12.1.